The molecule has 0 aliphatic heterocycles. The maximum absolute atomic E-state index is 12.9. The molecule has 5 rings (SSSR count). The molecule has 32 heavy (non-hydrogen) atoms. The molecule has 0 saturated carbocycles. The van der Waals surface area contributed by atoms with Gasteiger partial charge in [0.2, 0.25) is 5.78 Å². The van der Waals surface area contributed by atoms with Crippen LogP contribution in [0.4, 0.5) is 0 Å². The Morgan fingerprint density at radius 2 is 1.34 bits per heavy atom. The first-order chi connectivity index (χ1) is 15.3. The van der Waals surface area contributed by atoms with Crippen LogP contribution in [-0.2, 0) is 6.54 Å². The number of fused-ring (bicyclic) bond motifs is 1. The van der Waals surface area contributed by atoms with Gasteiger partial charge in [0.1, 0.15) is 0 Å². The second-order valence-corrected chi connectivity index (χ2v) is 7.51. The van der Waals surface area contributed by atoms with Gasteiger partial charge in [-0.15, -0.1) is 0 Å². The zero-order valence-corrected chi connectivity index (χ0v) is 18.9. The number of carbonyl (C=O) groups excluding carboxylic acids is 1. The molecule has 0 radical (unpaired) electrons. The standard InChI is InChI=1S/C28H21N2O.BrH/c31-28(26-12-6-10-23-9-4-5-11-25(23)26)19-30-18-17-27(29-20-30)24-15-13-22(14-16-24)21-7-2-1-3-8-21;/h1-18,20H,19H2;1H/q+1;/p-1. The lowest BCUT2D eigenvalue weighted by atomic mass is 10.0. The summed E-state index contributed by atoms with van der Waals surface area (Å²) >= 11 is 0. The molecule has 4 heteroatoms. The van der Waals surface area contributed by atoms with Gasteiger partial charge in [-0.25, -0.2) is 4.57 Å². The molecule has 0 fully saturated rings. The summed E-state index contributed by atoms with van der Waals surface area (Å²) in [6, 6.07) is 34.5. The fraction of sp³-hybridized carbons (Fsp3) is 0.0357. The number of rotatable bonds is 5. The van der Waals surface area contributed by atoms with Crippen molar-refractivity contribution in [3.63, 3.8) is 0 Å². The molecular formula is C28H21BrN2O. The molecule has 156 valence electrons. The summed E-state index contributed by atoms with van der Waals surface area (Å²) in [5.41, 5.74) is 5.04. The monoisotopic (exact) mass is 480 g/mol. The van der Waals surface area contributed by atoms with Crippen LogP contribution in [-0.4, -0.2) is 10.8 Å². The number of carbonyl (C=O) groups is 1. The van der Waals surface area contributed by atoms with E-state index in [9.17, 15) is 4.79 Å². The molecular weight excluding hydrogens is 460 g/mol. The molecule has 0 unspecified atom stereocenters. The normalized spacial score (nSPS) is 10.5. The van der Waals surface area contributed by atoms with Crippen molar-refractivity contribution >= 4 is 16.6 Å². The van der Waals surface area contributed by atoms with E-state index in [0.717, 1.165) is 27.6 Å². The van der Waals surface area contributed by atoms with Gasteiger partial charge in [-0.3, -0.25) is 4.79 Å². The van der Waals surface area contributed by atoms with Crippen LogP contribution < -0.4 is 21.5 Å². The maximum Gasteiger partial charge on any atom is 0.287 e. The molecule has 1 heterocycles. The van der Waals surface area contributed by atoms with Gasteiger partial charge in [-0.05, 0) is 39.0 Å². The smallest absolute Gasteiger partial charge is 0.287 e. The van der Waals surface area contributed by atoms with Crippen molar-refractivity contribution in [2.45, 2.75) is 6.54 Å². The van der Waals surface area contributed by atoms with Crippen molar-refractivity contribution < 1.29 is 26.3 Å². The summed E-state index contributed by atoms with van der Waals surface area (Å²) in [4.78, 5) is 17.5. The first kappa shape index (κ1) is 21.6. The Bertz CT molecular complexity index is 1340. The lowest BCUT2D eigenvalue weighted by Gasteiger charge is -2.05. The van der Waals surface area contributed by atoms with Gasteiger partial charge >= 0.3 is 0 Å². The minimum atomic E-state index is 0. The molecule has 1 aromatic heterocycles. The Morgan fingerprint density at radius 3 is 2.09 bits per heavy atom. The van der Waals surface area contributed by atoms with E-state index in [2.05, 4.69) is 41.4 Å². The quantitative estimate of drug-likeness (QED) is 0.286. The summed E-state index contributed by atoms with van der Waals surface area (Å²) in [6.07, 6.45) is 3.64. The average Bonchev–Trinajstić information content (AvgIpc) is 2.85. The number of hydrogen-bond acceptors (Lipinski definition) is 2. The lowest BCUT2D eigenvalue weighted by molar-refractivity contribution is -0.686. The van der Waals surface area contributed by atoms with Gasteiger partial charge in [-0.2, -0.15) is 0 Å². The Kier molecular flexibility index (Phi) is 6.52. The average molecular weight is 481 g/mol. The van der Waals surface area contributed by atoms with E-state index in [4.69, 9.17) is 0 Å². The van der Waals surface area contributed by atoms with Gasteiger partial charge in [0, 0.05) is 17.2 Å². The van der Waals surface area contributed by atoms with E-state index in [1.807, 2.05) is 77.5 Å². The Hall–Kier alpha value is -3.63. The predicted molar refractivity (Wildman–Crippen MR) is 124 cm³/mol. The van der Waals surface area contributed by atoms with Crippen LogP contribution in [0.1, 0.15) is 10.4 Å². The molecule has 0 N–H and O–H groups in total. The van der Waals surface area contributed by atoms with E-state index in [1.54, 1.807) is 6.33 Å². The highest BCUT2D eigenvalue weighted by molar-refractivity contribution is 6.07. The number of benzene rings is 4. The van der Waals surface area contributed by atoms with Crippen LogP contribution in [0.5, 0.6) is 0 Å². The highest BCUT2D eigenvalue weighted by Crippen LogP contribution is 2.23. The van der Waals surface area contributed by atoms with E-state index < -0.39 is 0 Å². The largest absolute Gasteiger partial charge is 1.00 e. The van der Waals surface area contributed by atoms with Crippen LogP contribution in [0.2, 0.25) is 0 Å². The molecule has 0 bridgehead atoms. The maximum atomic E-state index is 12.9. The SMILES string of the molecule is O=C(C[n+]1ccc(-c2ccc(-c3ccccc3)cc2)nc1)c1cccc2ccccc12.[Br-]. The van der Waals surface area contributed by atoms with Crippen molar-refractivity contribution in [2.75, 3.05) is 0 Å². The number of ketones is 1. The first-order valence-corrected chi connectivity index (χ1v) is 10.3. The van der Waals surface area contributed by atoms with Gasteiger partial charge < -0.3 is 17.0 Å². The van der Waals surface area contributed by atoms with E-state index in [1.165, 1.54) is 11.1 Å². The number of aromatic nitrogens is 2. The molecule has 0 saturated heterocycles. The number of halogens is 1. The summed E-state index contributed by atoms with van der Waals surface area (Å²) in [6.45, 7) is 0.258. The minimum Gasteiger partial charge on any atom is -1.00 e. The van der Waals surface area contributed by atoms with E-state index in [0.29, 0.717) is 0 Å². The highest BCUT2D eigenvalue weighted by atomic mass is 79.9. The lowest BCUT2D eigenvalue weighted by Crippen LogP contribution is -3.00. The van der Waals surface area contributed by atoms with Crippen molar-refractivity contribution in [2.24, 2.45) is 0 Å². The topological polar surface area (TPSA) is 33.8 Å². The number of Topliss-reactive ketones (excluding diaryl/α,β-unsaturated/α-hetero) is 1. The third kappa shape index (κ3) is 4.51. The highest BCUT2D eigenvalue weighted by Gasteiger charge is 2.14. The minimum absolute atomic E-state index is 0. The van der Waals surface area contributed by atoms with Crippen molar-refractivity contribution in [3.05, 3.63) is 121 Å². The van der Waals surface area contributed by atoms with Gasteiger partial charge in [-0.1, -0.05) is 84.9 Å². The molecule has 0 amide bonds. The first-order valence-electron chi connectivity index (χ1n) is 10.3. The fourth-order valence-corrected chi connectivity index (χ4v) is 3.83. The third-order valence-electron chi connectivity index (χ3n) is 5.47. The molecule has 4 aromatic carbocycles. The summed E-state index contributed by atoms with van der Waals surface area (Å²) < 4.78 is 1.83. The van der Waals surface area contributed by atoms with Crippen molar-refractivity contribution in [3.8, 4) is 22.4 Å². The zero-order chi connectivity index (χ0) is 21.0. The van der Waals surface area contributed by atoms with Gasteiger partial charge in [0.05, 0.1) is 6.20 Å². The Morgan fingerprint density at radius 1 is 0.688 bits per heavy atom. The van der Waals surface area contributed by atoms with Crippen LogP contribution in [0.25, 0.3) is 33.2 Å². The second kappa shape index (κ2) is 9.67. The van der Waals surface area contributed by atoms with Crippen molar-refractivity contribution in [1.29, 1.82) is 0 Å². The molecule has 0 spiro atoms. The van der Waals surface area contributed by atoms with Crippen molar-refractivity contribution in [1.82, 2.24) is 4.98 Å². The van der Waals surface area contributed by atoms with Gasteiger partial charge in [0.15, 0.2) is 12.2 Å². The zero-order valence-electron chi connectivity index (χ0n) is 17.4. The van der Waals surface area contributed by atoms with Crippen LogP contribution in [0.15, 0.2) is 116 Å². The second-order valence-electron chi connectivity index (χ2n) is 7.51. The molecule has 0 aliphatic carbocycles. The molecule has 0 atom stereocenters. The van der Waals surface area contributed by atoms with Crippen LogP contribution >= 0.6 is 0 Å². The Labute approximate surface area is 197 Å². The molecule has 0 aliphatic rings. The van der Waals surface area contributed by atoms with Crippen LogP contribution in [0, 0.1) is 0 Å². The van der Waals surface area contributed by atoms with E-state index in [-0.39, 0.29) is 29.3 Å². The molecule has 5 aromatic rings. The van der Waals surface area contributed by atoms with Crippen LogP contribution in [0.3, 0.4) is 0 Å². The predicted octanol–water partition coefficient (Wildman–Crippen LogP) is 2.74. The Balaban J connectivity index is 0.00000245. The summed E-state index contributed by atoms with van der Waals surface area (Å²) in [5.74, 6) is 0.0727. The van der Waals surface area contributed by atoms with E-state index >= 15 is 0 Å². The summed E-state index contributed by atoms with van der Waals surface area (Å²) in [5, 5.41) is 2.06. The fourth-order valence-electron chi connectivity index (χ4n) is 3.83. The number of nitrogens with zero attached hydrogens (tertiary/aromatic N) is 2. The van der Waals surface area contributed by atoms with Gasteiger partial charge in [0.25, 0.3) is 6.33 Å². The molecule has 3 nitrogen and oxygen atoms in total. The third-order valence-corrected chi connectivity index (χ3v) is 5.47. The number of hydrogen-bond donors (Lipinski definition) is 0. The summed E-state index contributed by atoms with van der Waals surface area (Å²) in [7, 11) is 0.